The van der Waals surface area contributed by atoms with Crippen LogP contribution in [-0.2, 0) is 16.1 Å². The zero-order chi connectivity index (χ0) is 11.1. The molecule has 0 aliphatic carbocycles. The Bertz CT molecular complexity index is 322. The van der Waals surface area contributed by atoms with Crippen LogP contribution in [0.1, 0.15) is 12.5 Å². The van der Waals surface area contributed by atoms with Gasteiger partial charge >= 0.3 is 5.97 Å². The fraction of sp³-hybridized carbons (Fsp3) is 0.364. The standard InChI is InChI=1S/C11H14O4/c1-2-14-11(13)8-15-10-6-4-3-5-9(10)7-12/h3-6,12H,2,7-8H2,1H3. The number of para-hydroxylation sites is 1. The smallest absolute Gasteiger partial charge is 0.344 e. The average molecular weight is 210 g/mol. The van der Waals surface area contributed by atoms with Gasteiger partial charge in [0.15, 0.2) is 6.61 Å². The molecule has 0 spiro atoms. The highest BCUT2D eigenvalue weighted by Gasteiger charge is 2.05. The van der Waals surface area contributed by atoms with E-state index in [0.29, 0.717) is 17.9 Å². The van der Waals surface area contributed by atoms with Gasteiger partial charge in [-0.2, -0.15) is 0 Å². The summed E-state index contributed by atoms with van der Waals surface area (Å²) >= 11 is 0. The molecule has 0 aliphatic rings. The summed E-state index contributed by atoms with van der Waals surface area (Å²) in [6.07, 6.45) is 0. The first-order chi connectivity index (χ1) is 7.27. The molecular formula is C11H14O4. The number of esters is 1. The lowest BCUT2D eigenvalue weighted by atomic mass is 10.2. The van der Waals surface area contributed by atoms with Crippen LogP contribution in [0.5, 0.6) is 5.75 Å². The van der Waals surface area contributed by atoms with Gasteiger partial charge in [0.1, 0.15) is 5.75 Å². The van der Waals surface area contributed by atoms with E-state index in [0.717, 1.165) is 0 Å². The molecule has 0 bridgehead atoms. The van der Waals surface area contributed by atoms with Crippen LogP contribution in [0.3, 0.4) is 0 Å². The summed E-state index contributed by atoms with van der Waals surface area (Å²) in [5.41, 5.74) is 0.654. The van der Waals surface area contributed by atoms with Crippen molar-refractivity contribution in [1.82, 2.24) is 0 Å². The highest BCUT2D eigenvalue weighted by Crippen LogP contribution is 2.17. The third-order valence-corrected chi connectivity index (χ3v) is 1.79. The lowest BCUT2D eigenvalue weighted by Gasteiger charge is -2.08. The topological polar surface area (TPSA) is 55.8 Å². The van der Waals surface area contributed by atoms with Crippen LogP contribution in [0.2, 0.25) is 0 Å². The molecule has 1 aromatic rings. The number of benzene rings is 1. The Morgan fingerprint density at radius 1 is 1.40 bits per heavy atom. The summed E-state index contributed by atoms with van der Waals surface area (Å²) in [6.45, 7) is 1.83. The zero-order valence-electron chi connectivity index (χ0n) is 8.60. The van der Waals surface area contributed by atoms with E-state index in [1.807, 2.05) is 0 Å². The molecule has 0 unspecified atom stereocenters. The molecular weight excluding hydrogens is 196 g/mol. The van der Waals surface area contributed by atoms with E-state index < -0.39 is 5.97 Å². The van der Waals surface area contributed by atoms with Crippen molar-refractivity contribution in [2.75, 3.05) is 13.2 Å². The van der Waals surface area contributed by atoms with E-state index >= 15 is 0 Å². The van der Waals surface area contributed by atoms with Gasteiger partial charge in [-0.25, -0.2) is 4.79 Å². The van der Waals surface area contributed by atoms with Crippen molar-refractivity contribution < 1.29 is 19.4 Å². The predicted octanol–water partition coefficient (Wildman–Crippen LogP) is 1.12. The number of aliphatic hydroxyl groups excluding tert-OH is 1. The van der Waals surface area contributed by atoms with Crippen LogP contribution in [0.15, 0.2) is 24.3 Å². The largest absolute Gasteiger partial charge is 0.482 e. The fourth-order valence-corrected chi connectivity index (χ4v) is 1.11. The maximum absolute atomic E-state index is 11.0. The molecule has 0 saturated carbocycles. The Morgan fingerprint density at radius 3 is 2.80 bits per heavy atom. The summed E-state index contributed by atoms with van der Waals surface area (Å²) in [7, 11) is 0. The molecule has 0 atom stereocenters. The second kappa shape index (κ2) is 6.03. The van der Waals surface area contributed by atoms with Crippen LogP contribution in [0.4, 0.5) is 0 Å². The Hall–Kier alpha value is -1.55. The second-order valence-corrected chi connectivity index (χ2v) is 2.86. The van der Waals surface area contributed by atoms with Gasteiger partial charge in [0.2, 0.25) is 0 Å². The van der Waals surface area contributed by atoms with Gasteiger partial charge < -0.3 is 14.6 Å². The van der Waals surface area contributed by atoms with Crippen molar-refractivity contribution in [3.05, 3.63) is 29.8 Å². The summed E-state index contributed by atoms with van der Waals surface area (Å²) in [4.78, 5) is 11.0. The molecule has 82 valence electrons. The van der Waals surface area contributed by atoms with Gasteiger partial charge in [-0.3, -0.25) is 0 Å². The highest BCUT2D eigenvalue weighted by atomic mass is 16.6. The Kier molecular flexibility index (Phi) is 4.63. The highest BCUT2D eigenvalue weighted by molar-refractivity contribution is 5.71. The van der Waals surface area contributed by atoms with Gasteiger partial charge in [-0.1, -0.05) is 18.2 Å². The number of ether oxygens (including phenoxy) is 2. The monoisotopic (exact) mass is 210 g/mol. The molecule has 0 amide bonds. The van der Waals surface area contributed by atoms with Crippen LogP contribution < -0.4 is 4.74 Å². The third kappa shape index (κ3) is 3.59. The van der Waals surface area contributed by atoms with Gasteiger partial charge in [0, 0.05) is 5.56 Å². The molecule has 0 aliphatic heterocycles. The van der Waals surface area contributed by atoms with Crippen molar-refractivity contribution in [3.8, 4) is 5.75 Å². The first-order valence-electron chi connectivity index (χ1n) is 4.75. The Morgan fingerprint density at radius 2 is 2.13 bits per heavy atom. The Balaban J connectivity index is 2.53. The first-order valence-corrected chi connectivity index (χ1v) is 4.75. The van der Waals surface area contributed by atoms with Gasteiger partial charge in [0.25, 0.3) is 0 Å². The minimum atomic E-state index is -0.412. The second-order valence-electron chi connectivity index (χ2n) is 2.86. The molecule has 0 fully saturated rings. The van der Waals surface area contributed by atoms with Gasteiger partial charge in [-0.05, 0) is 13.0 Å². The lowest BCUT2D eigenvalue weighted by Crippen LogP contribution is -2.15. The number of hydrogen-bond acceptors (Lipinski definition) is 4. The van der Waals surface area contributed by atoms with Crippen LogP contribution in [-0.4, -0.2) is 24.3 Å². The molecule has 4 nitrogen and oxygen atoms in total. The molecule has 15 heavy (non-hydrogen) atoms. The molecule has 0 heterocycles. The zero-order valence-corrected chi connectivity index (χ0v) is 8.60. The molecule has 1 N–H and O–H groups in total. The summed E-state index contributed by atoms with van der Waals surface area (Å²) in [5, 5.41) is 8.99. The number of carbonyl (C=O) groups is 1. The summed E-state index contributed by atoms with van der Waals surface area (Å²) < 4.78 is 9.92. The number of hydrogen-bond donors (Lipinski definition) is 1. The maximum atomic E-state index is 11.0. The first kappa shape index (κ1) is 11.5. The van der Waals surface area contributed by atoms with E-state index in [1.54, 1.807) is 31.2 Å². The Labute approximate surface area is 88.4 Å². The van der Waals surface area contributed by atoms with Crippen LogP contribution in [0.25, 0.3) is 0 Å². The quantitative estimate of drug-likeness (QED) is 0.740. The number of aliphatic hydroxyl groups is 1. The fourth-order valence-electron chi connectivity index (χ4n) is 1.11. The van der Waals surface area contributed by atoms with E-state index in [1.165, 1.54) is 0 Å². The normalized spacial score (nSPS) is 9.73. The molecule has 0 saturated heterocycles. The molecule has 0 radical (unpaired) electrons. The van der Waals surface area contributed by atoms with Crippen molar-refractivity contribution >= 4 is 5.97 Å². The van der Waals surface area contributed by atoms with Crippen LogP contribution in [0, 0.1) is 0 Å². The summed E-state index contributed by atoms with van der Waals surface area (Å²) in [6, 6.07) is 7.01. The van der Waals surface area contributed by atoms with E-state index in [4.69, 9.17) is 14.6 Å². The average Bonchev–Trinajstić information content (AvgIpc) is 2.27. The maximum Gasteiger partial charge on any atom is 0.344 e. The minimum absolute atomic E-state index is 0.112. The van der Waals surface area contributed by atoms with Gasteiger partial charge in [-0.15, -0.1) is 0 Å². The third-order valence-electron chi connectivity index (χ3n) is 1.79. The van der Waals surface area contributed by atoms with Crippen molar-refractivity contribution in [3.63, 3.8) is 0 Å². The lowest BCUT2D eigenvalue weighted by molar-refractivity contribution is -0.145. The van der Waals surface area contributed by atoms with Crippen molar-refractivity contribution in [2.24, 2.45) is 0 Å². The molecule has 1 aromatic carbocycles. The predicted molar refractivity (Wildman–Crippen MR) is 54.5 cm³/mol. The van der Waals surface area contributed by atoms with Crippen LogP contribution >= 0.6 is 0 Å². The van der Waals surface area contributed by atoms with Crippen molar-refractivity contribution in [1.29, 1.82) is 0 Å². The number of rotatable bonds is 5. The molecule has 4 heteroatoms. The van der Waals surface area contributed by atoms with E-state index in [2.05, 4.69) is 0 Å². The van der Waals surface area contributed by atoms with E-state index in [9.17, 15) is 4.79 Å². The van der Waals surface area contributed by atoms with Crippen molar-refractivity contribution in [2.45, 2.75) is 13.5 Å². The van der Waals surface area contributed by atoms with E-state index in [-0.39, 0.29) is 13.2 Å². The SMILES string of the molecule is CCOC(=O)COc1ccccc1CO. The van der Waals surface area contributed by atoms with Gasteiger partial charge in [0.05, 0.1) is 13.2 Å². The minimum Gasteiger partial charge on any atom is -0.482 e. The summed E-state index contributed by atoms with van der Waals surface area (Å²) in [5.74, 6) is 0.0956. The molecule has 0 aromatic heterocycles. The number of carbonyl (C=O) groups excluding carboxylic acids is 1. The molecule has 1 rings (SSSR count).